The summed E-state index contributed by atoms with van der Waals surface area (Å²) in [6.45, 7) is 8.44. The van der Waals surface area contributed by atoms with Crippen LogP contribution in [0.1, 0.15) is 17.5 Å². The van der Waals surface area contributed by atoms with Gasteiger partial charge in [-0.25, -0.2) is 4.98 Å². The largest absolute Gasteiger partial charge is 0.481 e. The molecule has 0 aromatic carbocycles. The van der Waals surface area contributed by atoms with Gasteiger partial charge in [0.05, 0.1) is 17.6 Å². The van der Waals surface area contributed by atoms with E-state index < -0.39 is 5.97 Å². The Bertz CT molecular complexity index is 400. The first-order valence-electron chi connectivity index (χ1n) is 6.26. The number of carboxylic acids is 1. The summed E-state index contributed by atoms with van der Waals surface area (Å²) in [4.78, 5) is 20.8. The molecule has 0 unspecified atom stereocenters. The molecule has 1 fully saturated rings. The lowest BCUT2D eigenvalue weighted by Gasteiger charge is -2.33. The van der Waals surface area contributed by atoms with E-state index in [1.807, 2.05) is 0 Å². The Balaban J connectivity index is 1.90. The van der Waals surface area contributed by atoms with Gasteiger partial charge in [0, 0.05) is 37.6 Å². The molecule has 1 aliphatic rings. The third-order valence-electron chi connectivity index (χ3n) is 3.32. The van der Waals surface area contributed by atoms with Gasteiger partial charge in [0.2, 0.25) is 0 Å². The van der Waals surface area contributed by atoms with Gasteiger partial charge in [-0.15, -0.1) is 11.3 Å². The molecule has 0 radical (unpaired) electrons. The number of piperazine rings is 1. The van der Waals surface area contributed by atoms with Crippen molar-refractivity contribution in [1.29, 1.82) is 0 Å². The second-order valence-corrected chi connectivity index (χ2v) is 5.44. The van der Waals surface area contributed by atoms with Crippen molar-refractivity contribution in [2.24, 2.45) is 0 Å². The standard InChI is InChI=1S/C12H19N3O2S/c1-2-14-3-5-15(6-4-14)8-11-10(7-12(16)17)13-9-18-11/h9H,2-8H2,1H3,(H,16,17). The summed E-state index contributed by atoms with van der Waals surface area (Å²) >= 11 is 1.56. The van der Waals surface area contributed by atoms with Crippen molar-refractivity contribution in [2.45, 2.75) is 19.9 Å². The van der Waals surface area contributed by atoms with E-state index in [1.165, 1.54) is 0 Å². The molecule has 2 rings (SSSR count). The first-order chi connectivity index (χ1) is 8.69. The van der Waals surface area contributed by atoms with Crippen molar-refractivity contribution in [3.05, 3.63) is 16.1 Å². The number of hydrogen-bond acceptors (Lipinski definition) is 5. The summed E-state index contributed by atoms with van der Waals surface area (Å²) in [5, 5.41) is 8.83. The van der Waals surface area contributed by atoms with Crippen molar-refractivity contribution < 1.29 is 9.90 Å². The van der Waals surface area contributed by atoms with Crippen LogP contribution in [0.25, 0.3) is 0 Å². The lowest BCUT2D eigenvalue weighted by Crippen LogP contribution is -2.45. The fourth-order valence-electron chi connectivity index (χ4n) is 2.18. The lowest BCUT2D eigenvalue weighted by atomic mass is 10.2. The molecule has 6 heteroatoms. The average Bonchev–Trinajstić information content (AvgIpc) is 2.77. The zero-order valence-electron chi connectivity index (χ0n) is 10.6. The first-order valence-corrected chi connectivity index (χ1v) is 7.14. The molecule has 18 heavy (non-hydrogen) atoms. The molecule has 1 aliphatic heterocycles. The highest BCUT2D eigenvalue weighted by Crippen LogP contribution is 2.17. The van der Waals surface area contributed by atoms with Crippen molar-refractivity contribution in [3.8, 4) is 0 Å². The molecule has 100 valence electrons. The highest BCUT2D eigenvalue weighted by atomic mass is 32.1. The quantitative estimate of drug-likeness (QED) is 0.861. The molecule has 0 spiro atoms. The molecule has 0 bridgehead atoms. The van der Waals surface area contributed by atoms with Crippen LogP contribution in [0.3, 0.4) is 0 Å². The normalized spacial score (nSPS) is 18.1. The minimum Gasteiger partial charge on any atom is -0.481 e. The van der Waals surface area contributed by atoms with E-state index in [1.54, 1.807) is 16.8 Å². The molecule has 1 N–H and O–H groups in total. The number of likely N-dealkylation sites (N-methyl/N-ethyl adjacent to an activating group) is 1. The summed E-state index contributed by atoms with van der Waals surface area (Å²) in [6.07, 6.45) is 0.0355. The van der Waals surface area contributed by atoms with Crippen molar-refractivity contribution in [3.63, 3.8) is 0 Å². The van der Waals surface area contributed by atoms with Crippen LogP contribution >= 0.6 is 11.3 Å². The number of rotatable bonds is 5. The highest BCUT2D eigenvalue weighted by molar-refractivity contribution is 7.09. The Morgan fingerprint density at radius 1 is 1.39 bits per heavy atom. The van der Waals surface area contributed by atoms with E-state index in [0.29, 0.717) is 0 Å². The zero-order chi connectivity index (χ0) is 13.0. The highest BCUT2D eigenvalue weighted by Gasteiger charge is 2.18. The van der Waals surface area contributed by atoms with E-state index in [2.05, 4.69) is 21.7 Å². The van der Waals surface area contributed by atoms with Gasteiger partial charge >= 0.3 is 5.97 Å². The molecule has 1 aromatic heterocycles. The SMILES string of the molecule is CCN1CCN(Cc2scnc2CC(=O)O)CC1. The van der Waals surface area contributed by atoms with Gasteiger partial charge in [0.1, 0.15) is 0 Å². The van der Waals surface area contributed by atoms with Crippen LogP contribution in [0.5, 0.6) is 0 Å². The molecule has 0 amide bonds. The van der Waals surface area contributed by atoms with E-state index in [4.69, 9.17) is 5.11 Å². The number of aromatic nitrogens is 1. The molecule has 1 aromatic rings. The minimum absolute atomic E-state index is 0.0355. The first kappa shape index (κ1) is 13.5. The van der Waals surface area contributed by atoms with Gasteiger partial charge in [-0.05, 0) is 6.54 Å². The Kier molecular flexibility index (Phi) is 4.68. The van der Waals surface area contributed by atoms with Crippen LogP contribution in [0.2, 0.25) is 0 Å². The summed E-state index contributed by atoms with van der Waals surface area (Å²) in [5.41, 5.74) is 2.47. The maximum absolute atomic E-state index is 10.7. The number of hydrogen-bond donors (Lipinski definition) is 1. The van der Waals surface area contributed by atoms with E-state index in [-0.39, 0.29) is 6.42 Å². The third kappa shape index (κ3) is 3.51. The predicted octanol–water partition coefficient (Wildman–Crippen LogP) is 0.908. The zero-order valence-corrected chi connectivity index (χ0v) is 11.4. The number of aliphatic carboxylic acids is 1. The Labute approximate surface area is 111 Å². The van der Waals surface area contributed by atoms with E-state index in [0.717, 1.165) is 49.8 Å². The second-order valence-electron chi connectivity index (χ2n) is 4.50. The molecule has 2 heterocycles. The third-order valence-corrected chi connectivity index (χ3v) is 4.18. The molecular formula is C12H19N3O2S. The minimum atomic E-state index is -0.807. The van der Waals surface area contributed by atoms with Crippen LogP contribution in [0.15, 0.2) is 5.51 Å². The fraction of sp³-hybridized carbons (Fsp3) is 0.667. The van der Waals surface area contributed by atoms with Gasteiger partial charge in [-0.2, -0.15) is 0 Å². The maximum Gasteiger partial charge on any atom is 0.309 e. The van der Waals surface area contributed by atoms with Crippen molar-refractivity contribution >= 4 is 17.3 Å². The summed E-state index contributed by atoms with van der Waals surface area (Å²) in [5.74, 6) is -0.807. The number of carboxylic acid groups (broad SMARTS) is 1. The summed E-state index contributed by atoms with van der Waals surface area (Å²) in [6, 6.07) is 0. The monoisotopic (exact) mass is 269 g/mol. The maximum atomic E-state index is 10.7. The van der Waals surface area contributed by atoms with Crippen molar-refractivity contribution in [1.82, 2.24) is 14.8 Å². The number of nitrogens with zero attached hydrogens (tertiary/aromatic N) is 3. The van der Waals surface area contributed by atoms with Crippen LogP contribution in [-0.4, -0.2) is 58.6 Å². The van der Waals surface area contributed by atoms with Gasteiger partial charge < -0.3 is 10.0 Å². The van der Waals surface area contributed by atoms with Crippen LogP contribution in [0.4, 0.5) is 0 Å². The van der Waals surface area contributed by atoms with E-state index >= 15 is 0 Å². The predicted molar refractivity (Wildman–Crippen MR) is 70.8 cm³/mol. The van der Waals surface area contributed by atoms with E-state index in [9.17, 15) is 4.79 Å². The summed E-state index contributed by atoms with van der Waals surface area (Å²) in [7, 11) is 0. The Hall–Kier alpha value is -0.980. The van der Waals surface area contributed by atoms with Gasteiger partial charge in [-0.1, -0.05) is 6.92 Å². The van der Waals surface area contributed by atoms with Crippen LogP contribution in [-0.2, 0) is 17.8 Å². The summed E-state index contributed by atoms with van der Waals surface area (Å²) < 4.78 is 0. The molecular weight excluding hydrogens is 250 g/mol. The number of thiazole rings is 1. The van der Waals surface area contributed by atoms with Gasteiger partial charge in [0.15, 0.2) is 0 Å². The molecule has 0 aliphatic carbocycles. The van der Waals surface area contributed by atoms with Gasteiger partial charge in [0.25, 0.3) is 0 Å². The molecule has 5 nitrogen and oxygen atoms in total. The molecule has 0 atom stereocenters. The second kappa shape index (κ2) is 6.26. The Morgan fingerprint density at radius 3 is 2.67 bits per heavy atom. The molecule has 0 saturated carbocycles. The molecule has 1 saturated heterocycles. The number of carbonyl (C=O) groups is 1. The average molecular weight is 269 g/mol. The van der Waals surface area contributed by atoms with Crippen LogP contribution in [0, 0.1) is 0 Å². The topological polar surface area (TPSA) is 56.7 Å². The van der Waals surface area contributed by atoms with Gasteiger partial charge in [-0.3, -0.25) is 9.69 Å². The van der Waals surface area contributed by atoms with Crippen LogP contribution < -0.4 is 0 Å². The Morgan fingerprint density at radius 2 is 2.06 bits per heavy atom. The van der Waals surface area contributed by atoms with Crippen molar-refractivity contribution in [2.75, 3.05) is 32.7 Å². The lowest BCUT2D eigenvalue weighted by molar-refractivity contribution is -0.136. The fourth-order valence-corrected chi connectivity index (χ4v) is 3.00. The smallest absolute Gasteiger partial charge is 0.309 e.